The van der Waals surface area contributed by atoms with Crippen molar-refractivity contribution in [2.24, 2.45) is 0 Å². The van der Waals surface area contributed by atoms with Crippen molar-refractivity contribution in [2.75, 3.05) is 4.90 Å². The van der Waals surface area contributed by atoms with E-state index in [4.69, 9.17) is 51.8 Å². The van der Waals surface area contributed by atoms with Crippen molar-refractivity contribution >= 4 is 91.6 Å². The highest BCUT2D eigenvalue weighted by atomic mass is 79.9. The second-order valence-corrected chi connectivity index (χ2v) is 10.3. The summed E-state index contributed by atoms with van der Waals surface area (Å²) in [6.45, 7) is 4.09. The first-order valence-electron chi connectivity index (χ1n) is 10.9. The number of nitrogens with one attached hydrogen (secondary N) is 1. The van der Waals surface area contributed by atoms with E-state index >= 15 is 0 Å². The van der Waals surface area contributed by atoms with Crippen LogP contribution in [-0.2, 0) is 22.6 Å². The maximum absolute atomic E-state index is 13.4. The van der Waals surface area contributed by atoms with Crippen LogP contribution in [0, 0.1) is 0 Å². The average Bonchev–Trinajstić information content (AvgIpc) is 2.85. The lowest BCUT2D eigenvalue weighted by Crippen LogP contribution is -2.54. The number of carbonyl (C=O) groups excluding carboxylic acids is 2. The number of ether oxygens (including phenoxy) is 1. The highest BCUT2D eigenvalue weighted by Gasteiger charge is 2.35. The summed E-state index contributed by atoms with van der Waals surface area (Å²) in [5.41, 5.74) is 2.39. The van der Waals surface area contributed by atoms with E-state index in [1.807, 2.05) is 24.3 Å². The monoisotopic (exact) mass is 634 g/mol. The summed E-state index contributed by atoms with van der Waals surface area (Å²) in [4.78, 5) is 27.3. The van der Waals surface area contributed by atoms with Crippen LogP contribution in [0.15, 0.2) is 77.3 Å². The van der Waals surface area contributed by atoms with Gasteiger partial charge >= 0.3 is 0 Å². The topological polar surface area (TPSA) is 58.6 Å². The molecular weight excluding hydrogens is 619 g/mol. The number of halogens is 4. The number of hydrogen-bond donors (Lipinski definition) is 1. The molecule has 0 radical (unpaired) electrons. The number of allylic oxidation sites excluding steroid dienone is 1. The van der Waals surface area contributed by atoms with Gasteiger partial charge in [-0.1, -0.05) is 65.1 Å². The zero-order valence-electron chi connectivity index (χ0n) is 19.1. The summed E-state index contributed by atoms with van der Waals surface area (Å²) in [5.74, 6) is -0.641. The van der Waals surface area contributed by atoms with Crippen LogP contribution >= 0.6 is 63.0 Å². The Morgan fingerprint density at radius 1 is 1.03 bits per heavy atom. The Labute approximate surface area is 242 Å². The molecule has 0 spiro atoms. The van der Waals surface area contributed by atoms with Gasteiger partial charge in [-0.3, -0.25) is 19.8 Å². The molecule has 2 amide bonds. The summed E-state index contributed by atoms with van der Waals surface area (Å²) >= 11 is 27.5. The number of thiocarbonyl (C=S) groups is 1. The summed E-state index contributed by atoms with van der Waals surface area (Å²) in [7, 11) is 0. The van der Waals surface area contributed by atoms with Crippen LogP contribution in [0.1, 0.15) is 16.7 Å². The standard InChI is InChI=1S/C27H18BrCl3N2O3S/c1-2-6-16-11-15(13-19(28)24(16)36-14-17-7-3-4-8-20(17)29)12-18-25(34)32-27(37)33(26(18)35)22-10-5-9-21(30)23(22)31/h2-5,7-13H,1,6,14H2,(H,32,34,37)/b18-12+. The molecule has 0 aromatic heterocycles. The summed E-state index contributed by atoms with van der Waals surface area (Å²) in [6.07, 6.45) is 3.71. The molecule has 10 heteroatoms. The van der Waals surface area contributed by atoms with Crippen LogP contribution in [0.4, 0.5) is 5.69 Å². The first kappa shape index (κ1) is 27.4. The van der Waals surface area contributed by atoms with Gasteiger partial charge in [0.05, 0.1) is 20.2 Å². The van der Waals surface area contributed by atoms with Gasteiger partial charge in [0.2, 0.25) is 0 Å². The molecule has 4 rings (SSSR count). The van der Waals surface area contributed by atoms with Crippen LogP contribution in [-0.4, -0.2) is 16.9 Å². The molecule has 0 unspecified atom stereocenters. The SMILES string of the molecule is C=CCc1cc(/C=C2\C(=O)NC(=S)N(c3cccc(Cl)c3Cl)C2=O)cc(Br)c1OCc1ccccc1Cl. The van der Waals surface area contributed by atoms with Crippen LogP contribution < -0.4 is 15.0 Å². The fourth-order valence-electron chi connectivity index (χ4n) is 3.70. The molecule has 3 aromatic rings. The van der Waals surface area contributed by atoms with E-state index in [-0.39, 0.29) is 33.0 Å². The molecule has 0 aliphatic carbocycles. The molecule has 3 aromatic carbocycles. The van der Waals surface area contributed by atoms with E-state index < -0.39 is 11.8 Å². The Morgan fingerprint density at radius 3 is 2.49 bits per heavy atom. The lowest BCUT2D eigenvalue weighted by atomic mass is 10.0. The van der Waals surface area contributed by atoms with Crippen molar-refractivity contribution in [3.63, 3.8) is 0 Å². The molecule has 0 saturated carbocycles. The van der Waals surface area contributed by atoms with Crippen LogP contribution in [0.3, 0.4) is 0 Å². The lowest BCUT2D eigenvalue weighted by molar-refractivity contribution is -0.122. The van der Waals surface area contributed by atoms with Crippen molar-refractivity contribution in [1.29, 1.82) is 0 Å². The Bertz CT molecular complexity index is 1480. The molecule has 37 heavy (non-hydrogen) atoms. The second-order valence-electron chi connectivity index (χ2n) is 7.89. The van der Waals surface area contributed by atoms with Crippen LogP contribution in [0.5, 0.6) is 5.75 Å². The van der Waals surface area contributed by atoms with E-state index in [0.29, 0.717) is 27.2 Å². The van der Waals surface area contributed by atoms with Crippen LogP contribution in [0.2, 0.25) is 15.1 Å². The number of carbonyl (C=O) groups is 2. The number of nitrogens with zero attached hydrogens (tertiary/aromatic N) is 1. The minimum Gasteiger partial charge on any atom is -0.487 e. The quantitative estimate of drug-likeness (QED) is 0.126. The molecule has 5 nitrogen and oxygen atoms in total. The fourth-order valence-corrected chi connectivity index (χ4v) is 5.18. The maximum atomic E-state index is 13.4. The second kappa shape index (κ2) is 11.8. The predicted octanol–water partition coefficient (Wildman–Crippen LogP) is 7.55. The first-order valence-corrected chi connectivity index (χ1v) is 13.2. The maximum Gasteiger partial charge on any atom is 0.270 e. The van der Waals surface area contributed by atoms with Gasteiger partial charge in [-0.15, -0.1) is 6.58 Å². The van der Waals surface area contributed by atoms with E-state index in [1.165, 1.54) is 6.08 Å². The highest BCUT2D eigenvalue weighted by molar-refractivity contribution is 9.10. The Balaban J connectivity index is 1.70. The van der Waals surface area contributed by atoms with Gasteiger partial charge in [0, 0.05) is 10.6 Å². The Kier molecular flexibility index (Phi) is 8.72. The van der Waals surface area contributed by atoms with Crippen LogP contribution in [0.25, 0.3) is 6.08 Å². The normalized spacial score (nSPS) is 14.6. The molecule has 1 heterocycles. The third-order valence-electron chi connectivity index (χ3n) is 5.42. The molecule has 1 fully saturated rings. The van der Waals surface area contributed by atoms with E-state index in [9.17, 15) is 9.59 Å². The summed E-state index contributed by atoms with van der Waals surface area (Å²) in [6, 6.07) is 15.8. The largest absolute Gasteiger partial charge is 0.487 e. The van der Waals surface area contributed by atoms with E-state index in [2.05, 4.69) is 27.8 Å². The zero-order valence-corrected chi connectivity index (χ0v) is 23.7. The Morgan fingerprint density at radius 2 is 1.76 bits per heavy atom. The average molecular weight is 637 g/mol. The molecule has 0 bridgehead atoms. The molecule has 1 saturated heterocycles. The molecule has 0 atom stereocenters. The smallest absolute Gasteiger partial charge is 0.270 e. The van der Waals surface area contributed by atoms with Gasteiger partial charge in [-0.25, -0.2) is 0 Å². The van der Waals surface area contributed by atoms with Gasteiger partial charge in [0.15, 0.2) is 5.11 Å². The molecule has 188 valence electrons. The number of amides is 2. The Hall–Kier alpha value is -2.68. The highest BCUT2D eigenvalue weighted by Crippen LogP contribution is 2.36. The van der Waals surface area contributed by atoms with Gasteiger partial charge in [-0.05, 0) is 82.1 Å². The predicted molar refractivity (Wildman–Crippen MR) is 156 cm³/mol. The third kappa shape index (κ3) is 5.92. The number of rotatable bonds is 7. The van der Waals surface area contributed by atoms with Crippen molar-refractivity contribution < 1.29 is 14.3 Å². The summed E-state index contributed by atoms with van der Waals surface area (Å²) < 4.78 is 6.73. The van der Waals surface area contributed by atoms with Crippen molar-refractivity contribution in [2.45, 2.75) is 13.0 Å². The van der Waals surface area contributed by atoms with E-state index in [0.717, 1.165) is 16.0 Å². The van der Waals surface area contributed by atoms with Crippen molar-refractivity contribution in [3.05, 3.63) is 109 Å². The minimum atomic E-state index is -0.627. The molecule has 1 N–H and O–H groups in total. The number of anilines is 1. The zero-order chi connectivity index (χ0) is 26.7. The minimum absolute atomic E-state index is 0.0897. The molecule has 1 aliphatic rings. The van der Waals surface area contributed by atoms with Gasteiger partial charge in [0.1, 0.15) is 17.9 Å². The van der Waals surface area contributed by atoms with Gasteiger partial charge in [-0.2, -0.15) is 0 Å². The number of benzene rings is 3. The van der Waals surface area contributed by atoms with Gasteiger partial charge < -0.3 is 4.74 Å². The lowest BCUT2D eigenvalue weighted by Gasteiger charge is -2.29. The van der Waals surface area contributed by atoms with Gasteiger partial charge in [0.25, 0.3) is 11.8 Å². The van der Waals surface area contributed by atoms with Crippen molar-refractivity contribution in [3.8, 4) is 5.75 Å². The van der Waals surface area contributed by atoms with E-state index in [1.54, 1.807) is 36.4 Å². The third-order valence-corrected chi connectivity index (χ3v) is 7.47. The fraction of sp³-hybridized carbons (Fsp3) is 0.0741. The van der Waals surface area contributed by atoms with Crippen molar-refractivity contribution in [1.82, 2.24) is 5.32 Å². The first-order chi connectivity index (χ1) is 17.7. The number of hydrogen-bond acceptors (Lipinski definition) is 4. The summed E-state index contributed by atoms with van der Waals surface area (Å²) in [5, 5.41) is 3.46. The molecular formula is C27H18BrCl3N2O3S. The molecule has 1 aliphatic heterocycles.